The molecule has 6 nitrogen and oxygen atoms in total. The minimum absolute atomic E-state index is 0.0617. The maximum absolute atomic E-state index is 13.2. The predicted octanol–water partition coefficient (Wildman–Crippen LogP) is 2.49. The first-order chi connectivity index (χ1) is 12.2. The third kappa shape index (κ3) is 2.10. The second kappa shape index (κ2) is 5.24. The lowest BCUT2D eigenvalue weighted by Crippen LogP contribution is -2.43. The standard InChI is InChI=1S/C19H15N3O3/c23-18(13-7-11-3-1-2-4-17(11)25-19(13)24)22-12-5-6-16(22)14-9-20-10-21-15(14)8-12/h1-4,7,9-10,12,16H,5-6,8H2. The average Bonchev–Trinajstić information content (AvgIpc) is 2.95. The monoisotopic (exact) mass is 333 g/mol. The number of fused-ring (bicyclic) bond motifs is 5. The third-order valence-electron chi connectivity index (χ3n) is 5.22. The fourth-order valence-electron chi connectivity index (χ4n) is 4.08. The van der Waals surface area contributed by atoms with Crippen LogP contribution in [0.3, 0.4) is 0 Å². The van der Waals surface area contributed by atoms with Gasteiger partial charge in [-0.15, -0.1) is 0 Å². The highest BCUT2D eigenvalue weighted by Gasteiger charge is 2.44. The molecule has 25 heavy (non-hydrogen) atoms. The van der Waals surface area contributed by atoms with Crippen LogP contribution < -0.4 is 5.63 Å². The topological polar surface area (TPSA) is 76.3 Å². The number of hydrogen-bond acceptors (Lipinski definition) is 5. The molecule has 2 aromatic heterocycles. The maximum atomic E-state index is 13.2. The van der Waals surface area contributed by atoms with Crippen LogP contribution in [-0.2, 0) is 6.42 Å². The first-order valence-electron chi connectivity index (χ1n) is 8.37. The van der Waals surface area contributed by atoms with Crippen LogP contribution in [0.25, 0.3) is 11.0 Å². The van der Waals surface area contributed by atoms with Gasteiger partial charge in [0.25, 0.3) is 5.91 Å². The first-order valence-corrected chi connectivity index (χ1v) is 8.37. The zero-order chi connectivity index (χ0) is 17.0. The molecule has 4 heterocycles. The molecular weight excluding hydrogens is 318 g/mol. The van der Waals surface area contributed by atoms with Gasteiger partial charge in [-0.1, -0.05) is 18.2 Å². The van der Waals surface area contributed by atoms with E-state index in [1.807, 2.05) is 17.0 Å². The largest absolute Gasteiger partial charge is 0.422 e. The zero-order valence-corrected chi connectivity index (χ0v) is 13.4. The molecule has 124 valence electrons. The SMILES string of the molecule is O=C(c1cc2ccccc2oc1=O)N1C2CCC1c1cncnc1C2. The van der Waals surface area contributed by atoms with Crippen molar-refractivity contribution in [1.82, 2.24) is 14.9 Å². The lowest BCUT2D eigenvalue weighted by atomic mass is 9.98. The van der Waals surface area contributed by atoms with Crippen LogP contribution in [0.15, 0.2) is 52.1 Å². The van der Waals surface area contributed by atoms with Gasteiger partial charge in [0.05, 0.1) is 11.7 Å². The van der Waals surface area contributed by atoms with E-state index in [2.05, 4.69) is 9.97 Å². The third-order valence-corrected chi connectivity index (χ3v) is 5.22. The van der Waals surface area contributed by atoms with Gasteiger partial charge in [0.15, 0.2) is 0 Å². The molecular formula is C19H15N3O3. The van der Waals surface area contributed by atoms with E-state index in [-0.39, 0.29) is 23.6 Å². The summed E-state index contributed by atoms with van der Waals surface area (Å²) in [7, 11) is 0. The van der Waals surface area contributed by atoms with E-state index in [0.29, 0.717) is 12.0 Å². The van der Waals surface area contributed by atoms with Crippen LogP contribution in [0.1, 0.15) is 40.5 Å². The fraction of sp³-hybridized carbons (Fsp3) is 0.263. The highest BCUT2D eigenvalue weighted by Crippen LogP contribution is 2.43. The first kappa shape index (κ1) is 14.3. The Labute approximate surface area is 143 Å². The second-order valence-corrected chi connectivity index (χ2v) is 6.57. The Morgan fingerprint density at radius 2 is 2.12 bits per heavy atom. The van der Waals surface area contributed by atoms with Crippen molar-refractivity contribution in [3.05, 3.63) is 70.1 Å². The molecule has 2 aliphatic heterocycles. The lowest BCUT2D eigenvalue weighted by Gasteiger charge is -2.35. The van der Waals surface area contributed by atoms with Crippen LogP contribution in [0.4, 0.5) is 0 Å². The maximum Gasteiger partial charge on any atom is 0.349 e. The molecule has 0 radical (unpaired) electrons. The number of nitrogens with zero attached hydrogens (tertiary/aromatic N) is 3. The number of hydrogen-bond donors (Lipinski definition) is 0. The second-order valence-electron chi connectivity index (χ2n) is 6.57. The summed E-state index contributed by atoms with van der Waals surface area (Å²) in [5.41, 5.74) is 2.00. The van der Waals surface area contributed by atoms with Crippen molar-refractivity contribution in [2.24, 2.45) is 0 Å². The molecule has 6 heteroatoms. The van der Waals surface area contributed by atoms with Gasteiger partial charge in [-0.25, -0.2) is 14.8 Å². The molecule has 2 aliphatic rings. The summed E-state index contributed by atoms with van der Waals surface area (Å²) in [6, 6.07) is 8.87. The van der Waals surface area contributed by atoms with Crippen LogP contribution in [0.2, 0.25) is 0 Å². The molecule has 1 saturated heterocycles. The van der Waals surface area contributed by atoms with Crippen molar-refractivity contribution in [3.63, 3.8) is 0 Å². The van der Waals surface area contributed by atoms with Gasteiger partial charge in [0, 0.05) is 29.6 Å². The number of carbonyl (C=O) groups is 1. The van der Waals surface area contributed by atoms with E-state index >= 15 is 0 Å². The Balaban J connectivity index is 1.60. The number of benzene rings is 1. The molecule has 0 N–H and O–H groups in total. The summed E-state index contributed by atoms with van der Waals surface area (Å²) >= 11 is 0. The Bertz CT molecular complexity index is 1060. The Kier molecular flexibility index (Phi) is 3.00. The molecule has 2 unspecified atom stereocenters. The van der Waals surface area contributed by atoms with Crippen molar-refractivity contribution in [2.75, 3.05) is 0 Å². The van der Waals surface area contributed by atoms with Crippen molar-refractivity contribution in [1.29, 1.82) is 0 Å². The van der Waals surface area contributed by atoms with Crippen molar-refractivity contribution in [2.45, 2.75) is 31.3 Å². The van der Waals surface area contributed by atoms with Crippen LogP contribution in [0.5, 0.6) is 0 Å². The Hall–Kier alpha value is -3.02. The highest BCUT2D eigenvalue weighted by molar-refractivity contribution is 5.97. The summed E-state index contributed by atoms with van der Waals surface area (Å²) in [6.45, 7) is 0. The van der Waals surface area contributed by atoms with Crippen LogP contribution >= 0.6 is 0 Å². The fourth-order valence-corrected chi connectivity index (χ4v) is 4.08. The highest BCUT2D eigenvalue weighted by atomic mass is 16.4. The summed E-state index contributed by atoms with van der Waals surface area (Å²) in [4.78, 5) is 35.8. The molecule has 1 aromatic carbocycles. The van der Waals surface area contributed by atoms with E-state index in [1.165, 1.54) is 0 Å². The van der Waals surface area contributed by atoms with Gasteiger partial charge >= 0.3 is 5.63 Å². The van der Waals surface area contributed by atoms with Crippen LogP contribution in [0, 0.1) is 0 Å². The number of amides is 1. The molecule has 1 amide bonds. The molecule has 2 bridgehead atoms. The van der Waals surface area contributed by atoms with E-state index in [0.717, 1.165) is 29.5 Å². The van der Waals surface area contributed by atoms with E-state index < -0.39 is 5.63 Å². The van der Waals surface area contributed by atoms with Crippen molar-refractivity contribution in [3.8, 4) is 0 Å². The molecule has 2 atom stereocenters. The summed E-state index contributed by atoms with van der Waals surface area (Å²) < 4.78 is 5.34. The Morgan fingerprint density at radius 3 is 3.04 bits per heavy atom. The van der Waals surface area contributed by atoms with Gasteiger partial charge in [-0.2, -0.15) is 0 Å². The Morgan fingerprint density at radius 1 is 1.24 bits per heavy atom. The number of carbonyl (C=O) groups excluding carboxylic acids is 1. The number of aromatic nitrogens is 2. The molecule has 0 saturated carbocycles. The minimum Gasteiger partial charge on any atom is -0.422 e. The smallest absolute Gasteiger partial charge is 0.349 e. The summed E-state index contributed by atoms with van der Waals surface area (Å²) in [6.07, 6.45) is 5.83. The molecule has 0 spiro atoms. The minimum atomic E-state index is -0.585. The van der Waals surface area contributed by atoms with E-state index in [4.69, 9.17) is 4.42 Å². The van der Waals surface area contributed by atoms with Gasteiger partial charge in [-0.05, 0) is 25.0 Å². The number of rotatable bonds is 1. The summed E-state index contributed by atoms with van der Waals surface area (Å²) in [5.74, 6) is -0.262. The molecule has 1 fully saturated rings. The van der Waals surface area contributed by atoms with E-state index in [1.54, 1.807) is 30.7 Å². The molecule has 5 rings (SSSR count). The van der Waals surface area contributed by atoms with Crippen molar-refractivity contribution >= 4 is 16.9 Å². The van der Waals surface area contributed by atoms with Gasteiger partial charge in [0.2, 0.25) is 0 Å². The van der Waals surface area contributed by atoms with E-state index in [9.17, 15) is 9.59 Å². The average molecular weight is 333 g/mol. The normalized spacial score (nSPS) is 21.4. The molecule has 0 aliphatic carbocycles. The van der Waals surface area contributed by atoms with Gasteiger partial charge in [-0.3, -0.25) is 4.79 Å². The summed E-state index contributed by atoms with van der Waals surface area (Å²) in [5, 5.41) is 0.749. The quantitative estimate of drug-likeness (QED) is 0.640. The predicted molar refractivity (Wildman–Crippen MR) is 90.2 cm³/mol. The van der Waals surface area contributed by atoms with Gasteiger partial charge < -0.3 is 9.32 Å². The van der Waals surface area contributed by atoms with Gasteiger partial charge in [0.1, 0.15) is 17.5 Å². The zero-order valence-electron chi connectivity index (χ0n) is 13.4. The van der Waals surface area contributed by atoms with Crippen molar-refractivity contribution < 1.29 is 9.21 Å². The lowest BCUT2D eigenvalue weighted by molar-refractivity contribution is 0.0639. The van der Waals surface area contributed by atoms with Crippen LogP contribution in [-0.4, -0.2) is 26.8 Å². The number of para-hydroxylation sites is 1. The molecule has 3 aromatic rings.